The van der Waals surface area contributed by atoms with Gasteiger partial charge in [-0.2, -0.15) is 0 Å². The van der Waals surface area contributed by atoms with Crippen molar-refractivity contribution in [2.24, 2.45) is 5.92 Å². The van der Waals surface area contributed by atoms with Crippen LogP contribution in [0.25, 0.3) is 0 Å². The zero-order valence-electron chi connectivity index (χ0n) is 20.2. The molecule has 1 heterocycles. The average Bonchev–Trinajstić information content (AvgIpc) is 2.77. The highest BCUT2D eigenvalue weighted by Gasteiger charge is 2.40. The molecule has 0 aliphatic carbocycles. The van der Waals surface area contributed by atoms with E-state index < -0.39 is 0 Å². The van der Waals surface area contributed by atoms with Gasteiger partial charge in [-0.3, -0.25) is 9.59 Å². The third-order valence-corrected chi connectivity index (χ3v) is 6.58. The summed E-state index contributed by atoms with van der Waals surface area (Å²) in [5, 5.41) is 6.28. The Morgan fingerprint density at radius 2 is 1.73 bits per heavy atom. The van der Waals surface area contributed by atoms with E-state index in [1.54, 1.807) is 0 Å². The van der Waals surface area contributed by atoms with Crippen molar-refractivity contribution in [2.75, 3.05) is 31.5 Å². The van der Waals surface area contributed by atoms with Crippen molar-refractivity contribution in [3.63, 3.8) is 0 Å². The number of halogens is 1. The topological polar surface area (TPSA) is 58.2 Å². The fourth-order valence-electron chi connectivity index (χ4n) is 4.88. The fraction of sp³-hybridized carbons (Fsp3) is 0.481. The first kappa shape index (κ1) is 27.1. The monoisotopic (exact) mass is 515 g/mol. The normalized spacial score (nSPS) is 19.9. The van der Waals surface area contributed by atoms with Crippen molar-refractivity contribution in [1.82, 2.24) is 5.32 Å². The second kappa shape index (κ2) is 12.9. The average molecular weight is 517 g/mol. The third-order valence-electron chi connectivity index (χ3n) is 6.58. The van der Waals surface area contributed by atoms with Crippen LogP contribution >= 0.6 is 0 Å². The summed E-state index contributed by atoms with van der Waals surface area (Å²) in [5.74, 6) is 0.117. The van der Waals surface area contributed by atoms with Crippen molar-refractivity contribution in [2.45, 2.75) is 53.0 Å². The van der Waals surface area contributed by atoms with E-state index in [4.69, 9.17) is 0 Å². The molecule has 1 saturated heterocycles. The highest BCUT2D eigenvalue weighted by Crippen LogP contribution is 2.28. The van der Waals surface area contributed by atoms with Crippen LogP contribution in [0.1, 0.15) is 49.3 Å². The predicted octanol–water partition coefficient (Wildman–Crippen LogP) is 1.59. The number of amides is 2. The number of benzene rings is 2. The number of para-hydroxylation sites is 1. The van der Waals surface area contributed by atoms with Crippen molar-refractivity contribution in [1.29, 1.82) is 0 Å². The molecule has 33 heavy (non-hydrogen) atoms. The number of unbranched alkanes of at least 4 members (excludes halogenated alkanes) is 1. The summed E-state index contributed by atoms with van der Waals surface area (Å²) in [4.78, 5) is 26.1. The Hall–Kier alpha value is -2.18. The lowest BCUT2D eigenvalue weighted by Crippen LogP contribution is -3.00. The maximum absolute atomic E-state index is 13.2. The van der Waals surface area contributed by atoms with Gasteiger partial charge < -0.3 is 32.1 Å². The predicted molar refractivity (Wildman–Crippen MR) is 130 cm³/mol. The second-order valence-corrected chi connectivity index (χ2v) is 9.35. The number of quaternary nitrogens is 1. The molecule has 2 aromatic carbocycles. The number of hydrogen-bond donors (Lipinski definition) is 2. The summed E-state index contributed by atoms with van der Waals surface area (Å²) >= 11 is 0. The van der Waals surface area contributed by atoms with Gasteiger partial charge in [0.05, 0.1) is 19.0 Å². The van der Waals surface area contributed by atoms with Crippen LogP contribution in [0.5, 0.6) is 0 Å². The number of likely N-dealkylation sites (tertiary alicyclic amines) is 1. The summed E-state index contributed by atoms with van der Waals surface area (Å²) in [6.07, 6.45) is 3.92. The van der Waals surface area contributed by atoms with Crippen LogP contribution in [-0.2, 0) is 16.1 Å². The minimum Gasteiger partial charge on any atom is -1.00 e. The highest BCUT2D eigenvalue weighted by molar-refractivity contribution is 5.93. The Labute approximate surface area is 209 Å². The molecular weight excluding hydrogens is 478 g/mol. The molecule has 0 spiro atoms. The van der Waals surface area contributed by atoms with Crippen LogP contribution in [0.3, 0.4) is 0 Å². The maximum atomic E-state index is 13.2. The van der Waals surface area contributed by atoms with E-state index in [1.807, 2.05) is 50.2 Å². The Bertz CT molecular complexity index is 899. The first-order valence-electron chi connectivity index (χ1n) is 12.0. The quantitative estimate of drug-likeness (QED) is 0.393. The van der Waals surface area contributed by atoms with Crippen molar-refractivity contribution in [3.05, 3.63) is 65.2 Å². The lowest BCUT2D eigenvalue weighted by molar-refractivity contribution is -0.940. The van der Waals surface area contributed by atoms with Gasteiger partial charge in [0.2, 0.25) is 5.91 Å². The van der Waals surface area contributed by atoms with E-state index >= 15 is 0 Å². The van der Waals surface area contributed by atoms with Crippen molar-refractivity contribution in [3.8, 4) is 0 Å². The van der Waals surface area contributed by atoms with Crippen molar-refractivity contribution >= 4 is 17.5 Å². The number of anilines is 1. The molecule has 5 nitrogen and oxygen atoms in total. The molecule has 1 fully saturated rings. The van der Waals surface area contributed by atoms with Gasteiger partial charge in [-0.1, -0.05) is 61.9 Å². The zero-order valence-corrected chi connectivity index (χ0v) is 21.8. The van der Waals surface area contributed by atoms with Crippen LogP contribution in [0.4, 0.5) is 5.69 Å². The summed E-state index contributed by atoms with van der Waals surface area (Å²) in [6, 6.07) is 16.4. The van der Waals surface area contributed by atoms with Gasteiger partial charge in [-0.15, -0.1) is 0 Å². The molecular formula is C27H38BrN3O2. The number of hydrogen-bond acceptors (Lipinski definition) is 2. The first-order valence-corrected chi connectivity index (χ1v) is 12.0. The van der Waals surface area contributed by atoms with E-state index in [0.717, 1.165) is 62.1 Å². The summed E-state index contributed by atoms with van der Waals surface area (Å²) in [6.45, 7) is 9.66. The number of carbonyl (C=O) groups excluding carboxylic acids is 2. The minimum absolute atomic E-state index is 0. The van der Waals surface area contributed by atoms with E-state index in [9.17, 15) is 9.59 Å². The second-order valence-electron chi connectivity index (χ2n) is 9.35. The maximum Gasteiger partial charge on any atom is 0.279 e. The molecule has 2 N–H and O–H groups in total. The lowest BCUT2D eigenvalue weighted by Gasteiger charge is -2.43. The molecule has 1 aliphatic heterocycles. The van der Waals surface area contributed by atoms with Gasteiger partial charge in [0, 0.05) is 17.8 Å². The van der Waals surface area contributed by atoms with Gasteiger partial charge in [0.25, 0.3) is 5.91 Å². The van der Waals surface area contributed by atoms with Crippen LogP contribution in [0, 0.1) is 19.8 Å². The van der Waals surface area contributed by atoms with Crippen molar-refractivity contribution < 1.29 is 31.1 Å². The van der Waals surface area contributed by atoms with E-state index in [0.29, 0.717) is 17.6 Å². The van der Waals surface area contributed by atoms with E-state index in [2.05, 4.69) is 29.7 Å². The molecule has 0 saturated carbocycles. The number of carbonyl (C=O) groups is 2. The Balaban J connectivity index is 0.00000385. The molecule has 3 rings (SSSR count). The lowest BCUT2D eigenvalue weighted by atomic mass is 9.93. The number of nitrogens with zero attached hydrogens (tertiary/aromatic N) is 1. The summed E-state index contributed by atoms with van der Waals surface area (Å²) in [7, 11) is 0. The Morgan fingerprint density at radius 1 is 1.03 bits per heavy atom. The summed E-state index contributed by atoms with van der Waals surface area (Å²) < 4.78 is 0.618. The van der Waals surface area contributed by atoms with Crippen LogP contribution in [0.15, 0.2) is 48.5 Å². The fourth-order valence-corrected chi connectivity index (χ4v) is 4.88. The molecule has 2 amide bonds. The smallest absolute Gasteiger partial charge is 0.279 e. The number of piperidine rings is 1. The summed E-state index contributed by atoms with van der Waals surface area (Å²) in [5.41, 5.74) is 4.25. The van der Waals surface area contributed by atoms with Gasteiger partial charge in [0.1, 0.15) is 6.54 Å². The van der Waals surface area contributed by atoms with Gasteiger partial charge in [0.15, 0.2) is 6.54 Å². The molecule has 0 bridgehead atoms. The Morgan fingerprint density at radius 3 is 2.39 bits per heavy atom. The van der Waals surface area contributed by atoms with E-state index in [-0.39, 0.29) is 34.7 Å². The zero-order chi connectivity index (χ0) is 23.0. The molecule has 2 aromatic rings. The number of aryl methyl sites for hydroxylation is 2. The largest absolute Gasteiger partial charge is 1.00 e. The molecule has 0 radical (unpaired) electrons. The van der Waals surface area contributed by atoms with Crippen LogP contribution in [-0.4, -0.2) is 42.5 Å². The molecule has 2 unspecified atom stereocenters. The molecule has 1 aliphatic rings. The first-order chi connectivity index (χ1) is 15.4. The van der Waals surface area contributed by atoms with Gasteiger partial charge in [-0.25, -0.2) is 0 Å². The van der Waals surface area contributed by atoms with E-state index in [1.165, 1.54) is 5.56 Å². The molecule has 180 valence electrons. The van der Waals surface area contributed by atoms with Gasteiger partial charge in [-0.05, 0) is 44.2 Å². The number of nitrogens with one attached hydrogen (secondary N) is 2. The molecule has 2 atom stereocenters. The highest BCUT2D eigenvalue weighted by atomic mass is 79.9. The van der Waals surface area contributed by atoms with Crippen LogP contribution < -0.4 is 27.6 Å². The standard InChI is InChI=1S/C27H37N3O2.BrH/c1-4-5-16-28-27(32)24-15-10-17-30(19-24,18-23-13-7-6-8-14-23)20-25(31)29-26-21(2)11-9-12-22(26)3;/h6-9,11-14,24H,4-5,10,15-20H2,1-3H3,(H-,28,29,31,32);1H. The third kappa shape index (κ3) is 7.68. The van der Waals surface area contributed by atoms with Crippen LogP contribution in [0.2, 0.25) is 0 Å². The Kier molecular flexibility index (Phi) is 10.6. The van der Waals surface area contributed by atoms with Gasteiger partial charge >= 0.3 is 0 Å². The SMILES string of the molecule is CCCCNC(=O)C1CCC[N+](CC(=O)Nc2c(C)cccc2C)(Cc2ccccc2)C1.[Br-]. The number of rotatable bonds is 9. The molecule has 6 heteroatoms. The molecule has 0 aromatic heterocycles. The minimum atomic E-state index is -0.0442.